The Hall–Kier alpha value is -2.34. The van der Waals surface area contributed by atoms with Gasteiger partial charge in [-0.3, -0.25) is 4.98 Å². The van der Waals surface area contributed by atoms with Gasteiger partial charge in [0.1, 0.15) is 0 Å². The molecule has 0 saturated heterocycles. The third kappa shape index (κ3) is 7.74. The smallest absolute Gasteiger partial charge is 0.414 e. The van der Waals surface area contributed by atoms with Crippen LogP contribution in [0.5, 0.6) is 0 Å². The zero-order valence-electron chi connectivity index (χ0n) is 11.2. The van der Waals surface area contributed by atoms with E-state index in [2.05, 4.69) is 41.4 Å². The molecule has 5 nitrogen and oxygen atoms in total. The monoisotopic (exact) mass is 305 g/mol. The van der Waals surface area contributed by atoms with Crippen molar-refractivity contribution in [1.29, 1.82) is 0 Å². The zero-order chi connectivity index (χ0) is 15.5. The number of hydrogen-bond acceptors (Lipinski definition) is 4. The van der Waals surface area contributed by atoms with Crippen LogP contribution in [0.15, 0.2) is 59.8 Å². The fraction of sp³-hybridized carbons (Fsp3) is 0.133. The number of aromatic nitrogens is 1. The molecule has 21 heavy (non-hydrogen) atoms. The largest absolute Gasteiger partial charge is 0.473 e. The number of thioether (sulfide) groups is 1. The van der Waals surface area contributed by atoms with Crippen molar-refractivity contribution in [2.45, 2.75) is 11.3 Å². The highest BCUT2D eigenvalue weighted by Crippen LogP contribution is 2.18. The van der Waals surface area contributed by atoms with Crippen molar-refractivity contribution in [2.24, 2.45) is 0 Å². The number of carbonyl (C=O) groups is 2. The molecule has 0 fully saturated rings. The minimum Gasteiger partial charge on any atom is -0.473 e. The van der Waals surface area contributed by atoms with Crippen molar-refractivity contribution >= 4 is 23.7 Å². The minimum absolute atomic E-state index is 1.10. The molecular formula is C15H15NO4S. The maximum atomic E-state index is 9.10. The first-order valence-corrected chi connectivity index (χ1v) is 7.11. The van der Waals surface area contributed by atoms with Crippen molar-refractivity contribution in [3.8, 4) is 0 Å². The Morgan fingerprint density at radius 2 is 1.52 bits per heavy atom. The van der Waals surface area contributed by atoms with Crippen molar-refractivity contribution in [3.05, 3.63) is 60.4 Å². The van der Waals surface area contributed by atoms with Crippen LogP contribution in [0.3, 0.4) is 0 Å². The topological polar surface area (TPSA) is 87.5 Å². The summed E-state index contributed by atoms with van der Waals surface area (Å²) in [6.45, 7) is 0. The number of carboxylic acid groups (broad SMARTS) is 2. The molecule has 110 valence electrons. The van der Waals surface area contributed by atoms with Gasteiger partial charge in [0.05, 0.1) is 0 Å². The molecule has 6 heteroatoms. The van der Waals surface area contributed by atoms with Crippen molar-refractivity contribution in [1.82, 2.24) is 4.98 Å². The van der Waals surface area contributed by atoms with Crippen molar-refractivity contribution < 1.29 is 19.8 Å². The van der Waals surface area contributed by atoms with E-state index in [1.165, 1.54) is 10.5 Å². The molecule has 0 spiro atoms. The number of nitrogens with zero attached hydrogens (tertiary/aromatic N) is 1. The number of carboxylic acids is 2. The molecule has 2 N–H and O–H groups in total. The number of aryl methyl sites for hydroxylation is 1. The van der Waals surface area contributed by atoms with Crippen LogP contribution in [0.2, 0.25) is 0 Å². The van der Waals surface area contributed by atoms with E-state index in [-0.39, 0.29) is 0 Å². The second kappa shape index (κ2) is 9.55. The number of hydrogen-bond donors (Lipinski definition) is 2. The standard InChI is InChI=1S/C13H13NS.C2H2O4/c1-2-4-13(5-3-1)15-11-8-12-6-9-14-10-7-12;3-1(4)2(5)6/h1-7,9-10H,8,11H2;(H,3,4)(H,5,6). The zero-order valence-corrected chi connectivity index (χ0v) is 12.0. The van der Waals surface area contributed by atoms with Gasteiger partial charge in [0.25, 0.3) is 0 Å². The number of pyridine rings is 1. The van der Waals surface area contributed by atoms with Crippen molar-refractivity contribution in [2.75, 3.05) is 5.75 Å². The first-order chi connectivity index (χ1) is 10.1. The van der Waals surface area contributed by atoms with Crippen LogP contribution < -0.4 is 0 Å². The summed E-state index contributed by atoms with van der Waals surface area (Å²) < 4.78 is 0. The first-order valence-electron chi connectivity index (χ1n) is 6.12. The summed E-state index contributed by atoms with van der Waals surface area (Å²) in [4.78, 5) is 23.5. The summed E-state index contributed by atoms with van der Waals surface area (Å²) in [6, 6.07) is 14.7. The fourth-order valence-corrected chi connectivity index (χ4v) is 2.28. The lowest BCUT2D eigenvalue weighted by Crippen LogP contribution is -2.09. The summed E-state index contributed by atoms with van der Waals surface area (Å²) in [5.41, 5.74) is 1.36. The maximum Gasteiger partial charge on any atom is 0.414 e. The molecule has 0 radical (unpaired) electrons. The summed E-state index contributed by atoms with van der Waals surface area (Å²) in [7, 11) is 0. The quantitative estimate of drug-likeness (QED) is 0.667. The Bertz CT molecular complexity index is 509. The van der Waals surface area contributed by atoms with Gasteiger partial charge in [-0.2, -0.15) is 0 Å². The number of aliphatic carboxylic acids is 2. The second-order valence-corrected chi connectivity index (χ2v) is 5.05. The van der Waals surface area contributed by atoms with Gasteiger partial charge in [0.15, 0.2) is 0 Å². The van der Waals surface area contributed by atoms with Crippen LogP contribution in [0.4, 0.5) is 0 Å². The van der Waals surface area contributed by atoms with Crippen molar-refractivity contribution in [3.63, 3.8) is 0 Å². The van der Waals surface area contributed by atoms with E-state index in [0.717, 1.165) is 12.2 Å². The highest BCUT2D eigenvalue weighted by Gasteiger charge is 2.04. The van der Waals surface area contributed by atoms with E-state index in [1.54, 1.807) is 0 Å². The van der Waals surface area contributed by atoms with E-state index in [9.17, 15) is 0 Å². The predicted molar refractivity (Wildman–Crippen MR) is 80.4 cm³/mol. The van der Waals surface area contributed by atoms with Gasteiger partial charge in [-0.1, -0.05) is 18.2 Å². The molecule has 0 aliphatic rings. The van der Waals surface area contributed by atoms with Crippen LogP contribution in [-0.4, -0.2) is 32.9 Å². The molecule has 1 aromatic carbocycles. The summed E-state index contributed by atoms with van der Waals surface area (Å²) in [5, 5.41) is 14.8. The van der Waals surface area contributed by atoms with Crippen LogP contribution in [-0.2, 0) is 16.0 Å². The minimum atomic E-state index is -1.82. The van der Waals surface area contributed by atoms with Gasteiger partial charge in [-0.25, -0.2) is 9.59 Å². The molecule has 0 amide bonds. The van der Waals surface area contributed by atoms with Crippen LogP contribution in [0.1, 0.15) is 5.56 Å². The van der Waals surface area contributed by atoms with E-state index >= 15 is 0 Å². The van der Waals surface area contributed by atoms with Crippen LogP contribution >= 0.6 is 11.8 Å². The molecule has 2 rings (SSSR count). The summed E-state index contributed by atoms with van der Waals surface area (Å²) in [6.07, 6.45) is 4.80. The van der Waals surface area contributed by atoms with E-state index in [1.807, 2.05) is 30.2 Å². The van der Waals surface area contributed by atoms with Gasteiger partial charge in [-0.15, -0.1) is 11.8 Å². The Kier molecular flexibility index (Phi) is 7.60. The Labute approximate surface area is 126 Å². The molecule has 1 heterocycles. The Morgan fingerprint density at radius 1 is 0.952 bits per heavy atom. The lowest BCUT2D eigenvalue weighted by Gasteiger charge is -2.01. The van der Waals surface area contributed by atoms with E-state index in [0.29, 0.717) is 0 Å². The highest BCUT2D eigenvalue weighted by atomic mass is 32.2. The molecule has 2 aromatic rings. The third-order valence-corrected chi connectivity index (χ3v) is 3.35. The average Bonchev–Trinajstić information content (AvgIpc) is 2.50. The second-order valence-electron chi connectivity index (χ2n) is 3.88. The molecule has 0 aliphatic carbocycles. The summed E-state index contributed by atoms with van der Waals surface area (Å²) in [5.74, 6) is -2.53. The molecule has 0 bridgehead atoms. The molecule has 1 aromatic heterocycles. The van der Waals surface area contributed by atoms with Gasteiger partial charge in [-0.05, 0) is 36.2 Å². The normalized spacial score (nSPS) is 9.33. The Balaban J connectivity index is 0.000000315. The molecular weight excluding hydrogens is 290 g/mol. The van der Waals surface area contributed by atoms with Crippen LogP contribution in [0.25, 0.3) is 0 Å². The molecule has 0 aliphatic heterocycles. The van der Waals surface area contributed by atoms with Gasteiger partial charge in [0.2, 0.25) is 0 Å². The number of rotatable bonds is 4. The Morgan fingerprint density at radius 3 is 2.05 bits per heavy atom. The average molecular weight is 305 g/mol. The highest BCUT2D eigenvalue weighted by molar-refractivity contribution is 7.99. The first kappa shape index (κ1) is 16.7. The maximum absolute atomic E-state index is 9.10. The van der Waals surface area contributed by atoms with Gasteiger partial charge < -0.3 is 10.2 Å². The molecule has 0 unspecified atom stereocenters. The fourth-order valence-electron chi connectivity index (χ4n) is 1.35. The third-order valence-electron chi connectivity index (χ3n) is 2.33. The molecule has 0 atom stereocenters. The van der Waals surface area contributed by atoms with E-state index in [4.69, 9.17) is 19.8 Å². The lowest BCUT2D eigenvalue weighted by molar-refractivity contribution is -0.159. The van der Waals surface area contributed by atoms with Crippen LogP contribution in [0, 0.1) is 0 Å². The predicted octanol–water partition coefficient (Wildman–Crippen LogP) is 2.57. The van der Waals surface area contributed by atoms with E-state index < -0.39 is 11.9 Å². The van der Waals surface area contributed by atoms with Gasteiger partial charge >= 0.3 is 11.9 Å². The summed E-state index contributed by atoms with van der Waals surface area (Å²) >= 11 is 1.89. The van der Waals surface area contributed by atoms with Gasteiger partial charge in [0, 0.05) is 23.0 Å². The molecule has 0 saturated carbocycles. The lowest BCUT2D eigenvalue weighted by atomic mass is 10.2. The SMILES string of the molecule is O=C(O)C(=O)O.c1ccc(SCCc2ccncc2)cc1. The number of benzene rings is 1.